The van der Waals surface area contributed by atoms with Crippen LogP contribution in [0.25, 0.3) is 11.1 Å². The van der Waals surface area contributed by atoms with E-state index in [9.17, 15) is 18.0 Å². The number of aryl methyl sites for hydroxylation is 2. The molecule has 1 aliphatic rings. The predicted molar refractivity (Wildman–Crippen MR) is 108 cm³/mol. The fourth-order valence-electron chi connectivity index (χ4n) is 3.22. The van der Waals surface area contributed by atoms with Crippen molar-refractivity contribution in [3.63, 3.8) is 0 Å². The number of nitrogens with one attached hydrogen (secondary N) is 1. The van der Waals surface area contributed by atoms with Gasteiger partial charge in [-0.25, -0.2) is 8.42 Å². The number of amides is 1. The largest absolute Gasteiger partial charge is 0.478 e. The number of pyridine rings is 1. The molecule has 0 bridgehead atoms. The fourth-order valence-corrected chi connectivity index (χ4v) is 3.87. The minimum Gasteiger partial charge on any atom is -0.478 e. The van der Waals surface area contributed by atoms with E-state index in [1.54, 1.807) is 32.3 Å². The third-order valence-electron chi connectivity index (χ3n) is 4.84. The van der Waals surface area contributed by atoms with E-state index in [-0.39, 0.29) is 21.9 Å². The Bertz CT molecular complexity index is 1100. The summed E-state index contributed by atoms with van der Waals surface area (Å²) in [7, 11) is -1.82. The molecule has 7 nitrogen and oxygen atoms in total. The number of hydrogen-bond donors (Lipinski definition) is 1. The maximum absolute atomic E-state index is 12.5. The van der Waals surface area contributed by atoms with Gasteiger partial charge < -0.3 is 14.6 Å². The maximum Gasteiger partial charge on any atom is 0.277 e. The lowest BCUT2D eigenvalue weighted by Gasteiger charge is -2.26. The number of sulfone groups is 1. The molecule has 1 aromatic carbocycles. The number of fused-ring (bicyclic) bond motifs is 1. The van der Waals surface area contributed by atoms with E-state index in [4.69, 9.17) is 4.74 Å². The van der Waals surface area contributed by atoms with Crippen LogP contribution in [0.5, 0.6) is 5.75 Å². The Labute approximate surface area is 164 Å². The summed E-state index contributed by atoms with van der Waals surface area (Å²) in [5.74, 6) is -0.114. The number of carbonyl (C=O) groups is 1. The average Bonchev–Trinajstić information content (AvgIpc) is 2.64. The second kappa shape index (κ2) is 7.43. The molecule has 1 N–H and O–H groups in total. The predicted octanol–water partition coefficient (Wildman–Crippen LogP) is 2.52. The molecule has 0 aliphatic carbocycles. The highest BCUT2D eigenvalue weighted by atomic mass is 32.2. The Hall–Kier alpha value is -2.61. The molecule has 0 spiro atoms. The van der Waals surface area contributed by atoms with E-state index in [0.29, 0.717) is 11.1 Å². The summed E-state index contributed by atoms with van der Waals surface area (Å²) in [5, 5.41) is 2.62. The summed E-state index contributed by atoms with van der Waals surface area (Å²) < 4.78 is 31.3. The number of carbonyl (C=O) groups excluding carboxylic acids is 1. The Kier molecular flexibility index (Phi) is 5.34. The molecule has 0 saturated heterocycles. The zero-order chi connectivity index (χ0) is 20.6. The molecule has 2 heterocycles. The number of unbranched alkanes of at least 4 members (excludes halogenated alkanes) is 1. The second-order valence-corrected chi connectivity index (χ2v) is 9.12. The van der Waals surface area contributed by atoms with Gasteiger partial charge in [-0.2, -0.15) is 0 Å². The normalized spacial score (nSPS) is 16.3. The molecule has 3 rings (SSSR count). The van der Waals surface area contributed by atoms with E-state index in [0.717, 1.165) is 31.1 Å². The van der Waals surface area contributed by atoms with Crippen LogP contribution in [-0.4, -0.2) is 31.3 Å². The number of benzene rings is 1. The Morgan fingerprint density at radius 3 is 2.57 bits per heavy atom. The number of anilines is 1. The molecule has 1 amide bonds. The molecule has 8 heteroatoms. The third-order valence-corrected chi connectivity index (χ3v) is 5.95. The van der Waals surface area contributed by atoms with Crippen LogP contribution in [0.2, 0.25) is 0 Å². The molecule has 1 aromatic heterocycles. The monoisotopic (exact) mass is 404 g/mol. The van der Waals surface area contributed by atoms with Crippen LogP contribution < -0.4 is 15.6 Å². The van der Waals surface area contributed by atoms with Crippen LogP contribution in [0.4, 0.5) is 5.69 Å². The summed E-state index contributed by atoms with van der Waals surface area (Å²) in [4.78, 5) is 24.7. The molecule has 0 fully saturated rings. The molecule has 0 radical (unpaired) electrons. The number of ether oxygens (including phenoxy) is 1. The lowest BCUT2D eigenvalue weighted by atomic mass is 9.96. The number of aromatic nitrogens is 1. The Morgan fingerprint density at radius 1 is 1.21 bits per heavy atom. The van der Waals surface area contributed by atoms with Gasteiger partial charge in [-0.05, 0) is 43.0 Å². The van der Waals surface area contributed by atoms with Crippen molar-refractivity contribution < 1.29 is 17.9 Å². The van der Waals surface area contributed by atoms with Crippen molar-refractivity contribution in [2.24, 2.45) is 7.05 Å². The smallest absolute Gasteiger partial charge is 0.277 e. The molecule has 2 aromatic rings. The highest BCUT2D eigenvalue weighted by Crippen LogP contribution is 2.40. The van der Waals surface area contributed by atoms with Crippen LogP contribution in [0.15, 0.2) is 34.1 Å². The lowest BCUT2D eigenvalue weighted by Crippen LogP contribution is -2.38. The van der Waals surface area contributed by atoms with Gasteiger partial charge in [0.25, 0.3) is 11.5 Å². The fraction of sp³-hybridized carbons (Fsp3) is 0.400. The molecule has 1 aliphatic heterocycles. The van der Waals surface area contributed by atoms with Crippen LogP contribution in [-0.2, 0) is 28.1 Å². The van der Waals surface area contributed by atoms with Crippen LogP contribution in [0, 0.1) is 0 Å². The van der Waals surface area contributed by atoms with Crippen molar-refractivity contribution in [3.05, 3.63) is 40.3 Å². The summed E-state index contributed by atoms with van der Waals surface area (Å²) in [6, 6.07) is 5.03. The second-order valence-electron chi connectivity index (χ2n) is 7.11. The number of rotatable bonds is 5. The quantitative estimate of drug-likeness (QED) is 0.826. The Morgan fingerprint density at radius 2 is 1.93 bits per heavy atom. The van der Waals surface area contributed by atoms with Gasteiger partial charge in [0.1, 0.15) is 0 Å². The van der Waals surface area contributed by atoms with Crippen LogP contribution in [0.3, 0.4) is 0 Å². The zero-order valence-corrected chi connectivity index (χ0v) is 17.2. The first kappa shape index (κ1) is 20.1. The maximum atomic E-state index is 12.5. The minimum absolute atomic E-state index is 0.0781. The number of nitrogens with zero attached hydrogens (tertiary/aromatic N) is 1. The van der Waals surface area contributed by atoms with Gasteiger partial charge in [0, 0.05) is 25.1 Å². The van der Waals surface area contributed by atoms with Gasteiger partial charge in [0.15, 0.2) is 27.4 Å². The summed E-state index contributed by atoms with van der Waals surface area (Å²) in [5.41, 5.74) is 1.93. The van der Waals surface area contributed by atoms with Gasteiger partial charge >= 0.3 is 0 Å². The van der Waals surface area contributed by atoms with Gasteiger partial charge in [0.05, 0.1) is 4.90 Å². The summed E-state index contributed by atoms with van der Waals surface area (Å²) >= 11 is 0. The zero-order valence-electron chi connectivity index (χ0n) is 16.4. The van der Waals surface area contributed by atoms with Gasteiger partial charge in [-0.1, -0.05) is 19.4 Å². The van der Waals surface area contributed by atoms with Gasteiger partial charge in [0.2, 0.25) is 0 Å². The van der Waals surface area contributed by atoms with Gasteiger partial charge in [-0.3, -0.25) is 9.59 Å². The first-order valence-electron chi connectivity index (χ1n) is 9.18. The molecule has 0 unspecified atom stereocenters. The molecule has 0 saturated carbocycles. The van der Waals surface area contributed by atoms with E-state index >= 15 is 0 Å². The topological polar surface area (TPSA) is 94.5 Å². The standard InChI is InChI=1S/C20H24N2O5S/c1-5-6-7-13-8-9-14(28(4,25)26)10-15(13)16-11-22(3)20(24)17-18(16)27-12(2)19(23)21-17/h8-12H,5-7H2,1-4H3,(H,21,23)/t12-/m1/s1. The number of hydrogen-bond acceptors (Lipinski definition) is 5. The molecular weight excluding hydrogens is 380 g/mol. The molecule has 1 atom stereocenters. The van der Waals surface area contributed by atoms with Crippen LogP contribution >= 0.6 is 0 Å². The molecular formula is C20H24N2O5S. The third kappa shape index (κ3) is 3.69. The van der Waals surface area contributed by atoms with Crippen molar-refractivity contribution in [1.82, 2.24) is 4.57 Å². The van der Waals surface area contributed by atoms with E-state index in [2.05, 4.69) is 12.2 Å². The summed E-state index contributed by atoms with van der Waals surface area (Å²) in [6.07, 6.45) is 4.72. The van der Waals surface area contributed by atoms with Crippen molar-refractivity contribution in [2.75, 3.05) is 11.6 Å². The van der Waals surface area contributed by atoms with E-state index < -0.39 is 21.8 Å². The first-order chi connectivity index (χ1) is 13.1. The Balaban J connectivity index is 2.31. The lowest BCUT2D eigenvalue weighted by molar-refractivity contribution is -0.122. The minimum atomic E-state index is -3.41. The molecule has 150 valence electrons. The SMILES string of the molecule is CCCCc1ccc(S(C)(=O)=O)cc1-c1cn(C)c(=O)c2c1O[C@H](C)C(=O)N2. The van der Waals surface area contributed by atoms with Crippen molar-refractivity contribution in [1.29, 1.82) is 0 Å². The van der Waals surface area contributed by atoms with Crippen molar-refractivity contribution in [3.8, 4) is 16.9 Å². The van der Waals surface area contributed by atoms with Crippen molar-refractivity contribution in [2.45, 2.75) is 44.1 Å². The van der Waals surface area contributed by atoms with E-state index in [1.807, 2.05) is 6.07 Å². The molecule has 28 heavy (non-hydrogen) atoms. The van der Waals surface area contributed by atoms with Crippen molar-refractivity contribution >= 4 is 21.4 Å². The van der Waals surface area contributed by atoms with Gasteiger partial charge in [-0.15, -0.1) is 0 Å². The first-order valence-corrected chi connectivity index (χ1v) is 11.1. The van der Waals surface area contributed by atoms with E-state index in [1.165, 1.54) is 4.57 Å². The highest BCUT2D eigenvalue weighted by Gasteiger charge is 2.30. The summed E-state index contributed by atoms with van der Waals surface area (Å²) in [6.45, 7) is 3.68. The average molecular weight is 404 g/mol. The van der Waals surface area contributed by atoms with Crippen LogP contribution in [0.1, 0.15) is 32.3 Å². The highest BCUT2D eigenvalue weighted by molar-refractivity contribution is 7.90.